The molecule has 0 bridgehead atoms. The van der Waals surface area contributed by atoms with E-state index in [4.69, 9.17) is 0 Å². The van der Waals surface area contributed by atoms with E-state index in [2.05, 4.69) is 6.92 Å². The van der Waals surface area contributed by atoms with Crippen LogP contribution in [0.3, 0.4) is 0 Å². The third kappa shape index (κ3) is 2.32. The van der Waals surface area contributed by atoms with Crippen LogP contribution in [0.5, 0.6) is 5.75 Å². The average Bonchev–Trinajstić information content (AvgIpc) is 2.64. The van der Waals surface area contributed by atoms with Crippen molar-refractivity contribution in [3.63, 3.8) is 0 Å². The normalized spacial score (nSPS) is 27.9. The molecular weight excluding hydrogens is 188 g/mol. The number of benzene rings is 1. The van der Waals surface area contributed by atoms with Crippen LogP contribution >= 0.6 is 0 Å². The topological polar surface area (TPSA) is 40.5 Å². The Morgan fingerprint density at radius 3 is 2.73 bits per heavy atom. The lowest BCUT2D eigenvalue weighted by Crippen LogP contribution is -2.09. The van der Waals surface area contributed by atoms with E-state index >= 15 is 0 Å². The van der Waals surface area contributed by atoms with Crippen LogP contribution < -0.4 is 0 Å². The smallest absolute Gasteiger partial charge is 0.115 e. The molecular formula is C13H18O2. The van der Waals surface area contributed by atoms with E-state index < -0.39 is 6.10 Å². The Kier molecular flexibility index (Phi) is 2.96. The van der Waals surface area contributed by atoms with Crippen molar-refractivity contribution < 1.29 is 10.2 Å². The van der Waals surface area contributed by atoms with Crippen LogP contribution in [0.2, 0.25) is 0 Å². The van der Waals surface area contributed by atoms with Crippen molar-refractivity contribution in [1.29, 1.82) is 0 Å². The van der Waals surface area contributed by atoms with E-state index in [-0.39, 0.29) is 5.75 Å². The minimum atomic E-state index is -0.415. The molecule has 0 saturated heterocycles. The molecule has 1 aliphatic carbocycles. The van der Waals surface area contributed by atoms with Crippen molar-refractivity contribution in [3.8, 4) is 5.75 Å². The number of phenolic OH excluding ortho intramolecular Hbond substituents is 1. The molecule has 2 N–H and O–H groups in total. The summed E-state index contributed by atoms with van der Waals surface area (Å²) < 4.78 is 0. The predicted molar refractivity (Wildman–Crippen MR) is 59.6 cm³/mol. The summed E-state index contributed by atoms with van der Waals surface area (Å²) in [4.78, 5) is 0. The molecule has 1 aromatic carbocycles. The summed E-state index contributed by atoms with van der Waals surface area (Å²) >= 11 is 0. The van der Waals surface area contributed by atoms with Crippen LogP contribution in [-0.4, -0.2) is 10.2 Å². The summed E-state index contributed by atoms with van der Waals surface area (Å²) in [5.74, 6) is 1.32. The number of hydrogen-bond acceptors (Lipinski definition) is 2. The fourth-order valence-electron chi connectivity index (χ4n) is 2.52. The van der Waals surface area contributed by atoms with Gasteiger partial charge in [0.25, 0.3) is 0 Å². The molecule has 15 heavy (non-hydrogen) atoms. The predicted octanol–water partition coefficient (Wildman–Crippen LogP) is 2.86. The number of hydrogen-bond donors (Lipinski definition) is 2. The first kappa shape index (κ1) is 10.5. The maximum absolute atomic E-state index is 10.2. The van der Waals surface area contributed by atoms with Gasteiger partial charge >= 0.3 is 0 Å². The van der Waals surface area contributed by atoms with Gasteiger partial charge in [-0.2, -0.15) is 0 Å². The third-order valence-corrected chi connectivity index (χ3v) is 3.39. The summed E-state index contributed by atoms with van der Waals surface area (Å²) in [6.07, 6.45) is 2.98. The SMILES string of the molecule is C[C@@H]1CC[C@H]([C@@H](O)c2cccc(O)c2)C1. The van der Waals surface area contributed by atoms with Gasteiger partial charge in [0.2, 0.25) is 0 Å². The largest absolute Gasteiger partial charge is 0.508 e. The van der Waals surface area contributed by atoms with E-state index in [0.717, 1.165) is 24.3 Å². The minimum absolute atomic E-state index is 0.234. The van der Waals surface area contributed by atoms with Gasteiger partial charge in [-0.1, -0.05) is 25.5 Å². The second kappa shape index (κ2) is 4.23. The second-order valence-electron chi connectivity index (χ2n) is 4.72. The highest BCUT2D eigenvalue weighted by Gasteiger charge is 2.28. The number of aliphatic hydroxyl groups excluding tert-OH is 1. The van der Waals surface area contributed by atoms with E-state index in [9.17, 15) is 10.2 Å². The van der Waals surface area contributed by atoms with Gasteiger partial charge in [0.1, 0.15) is 5.75 Å². The number of aliphatic hydroxyl groups is 1. The minimum Gasteiger partial charge on any atom is -0.508 e. The van der Waals surface area contributed by atoms with Gasteiger partial charge < -0.3 is 10.2 Å². The van der Waals surface area contributed by atoms with Crippen molar-refractivity contribution in [1.82, 2.24) is 0 Å². The van der Waals surface area contributed by atoms with Gasteiger partial charge in [-0.25, -0.2) is 0 Å². The quantitative estimate of drug-likeness (QED) is 0.781. The molecule has 0 heterocycles. The second-order valence-corrected chi connectivity index (χ2v) is 4.72. The Balaban J connectivity index is 2.10. The maximum Gasteiger partial charge on any atom is 0.115 e. The van der Waals surface area contributed by atoms with Gasteiger partial charge in [0.05, 0.1) is 6.10 Å². The zero-order valence-corrected chi connectivity index (χ0v) is 9.06. The van der Waals surface area contributed by atoms with Gasteiger partial charge in [0, 0.05) is 0 Å². The molecule has 0 spiro atoms. The molecule has 0 aromatic heterocycles. The van der Waals surface area contributed by atoms with Gasteiger partial charge in [0.15, 0.2) is 0 Å². The van der Waals surface area contributed by atoms with Crippen LogP contribution in [-0.2, 0) is 0 Å². The molecule has 1 saturated carbocycles. The molecule has 0 aliphatic heterocycles. The number of rotatable bonds is 2. The van der Waals surface area contributed by atoms with E-state index in [1.165, 1.54) is 6.42 Å². The summed E-state index contributed by atoms with van der Waals surface area (Å²) in [6.45, 7) is 2.23. The first-order valence-corrected chi connectivity index (χ1v) is 5.64. The van der Waals surface area contributed by atoms with Crippen molar-refractivity contribution in [2.45, 2.75) is 32.3 Å². The van der Waals surface area contributed by atoms with Crippen molar-refractivity contribution in [2.24, 2.45) is 11.8 Å². The van der Waals surface area contributed by atoms with Crippen LogP contribution in [0.15, 0.2) is 24.3 Å². The Labute approximate surface area is 90.6 Å². The summed E-state index contributed by atoms with van der Waals surface area (Å²) in [6, 6.07) is 6.96. The lowest BCUT2D eigenvalue weighted by atomic mass is 9.93. The fraction of sp³-hybridized carbons (Fsp3) is 0.538. The number of aromatic hydroxyl groups is 1. The molecule has 1 aromatic rings. The molecule has 2 nitrogen and oxygen atoms in total. The molecule has 0 amide bonds. The maximum atomic E-state index is 10.2. The fourth-order valence-corrected chi connectivity index (χ4v) is 2.52. The van der Waals surface area contributed by atoms with E-state index in [1.807, 2.05) is 6.07 Å². The van der Waals surface area contributed by atoms with Crippen molar-refractivity contribution in [2.75, 3.05) is 0 Å². The molecule has 0 radical (unpaired) electrons. The lowest BCUT2D eigenvalue weighted by molar-refractivity contribution is 0.109. The van der Waals surface area contributed by atoms with E-state index in [1.54, 1.807) is 18.2 Å². The molecule has 1 fully saturated rings. The van der Waals surface area contributed by atoms with Gasteiger partial charge in [-0.3, -0.25) is 0 Å². The molecule has 2 heteroatoms. The number of phenols is 1. The lowest BCUT2D eigenvalue weighted by Gasteiger charge is -2.18. The zero-order chi connectivity index (χ0) is 10.8. The molecule has 2 rings (SSSR count). The van der Waals surface area contributed by atoms with Crippen LogP contribution in [0.25, 0.3) is 0 Å². The van der Waals surface area contributed by atoms with Crippen LogP contribution in [0.4, 0.5) is 0 Å². The molecule has 82 valence electrons. The van der Waals surface area contributed by atoms with Crippen LogP contribution in [0.1, 0.15) is 37.9 Å². The highest BCUT2D eigenvalue weighted by Crippen LogP contribution is 2.39. The molecule has 3 atom stereocenters. The first-order valence-electron chi connectivity index (χ1n) is 5.64. The van der Waals surface area contributed by atoms with E-state index in [0.29, 0.717) is 5.92 Å². The van der Waals surface area contributed by atoms with Crippen molar-refractivity contribution >= 4 is 0 Å². The summed E-state index contributed by atoms with van der Waals surface area (Å²) in [5.41, 5.74) is 0.842. The Hall–Kier alpha value is -1.02. The van der Waals surface area contributed by atoms with Crippen LogP contribution in [0, 0.1) is 11.8 Å². The highest BCUT2D eigenvalue weighted by atomic mass is 16.3. The molecule has 1 aliphatic rings. The van der Waals surface area contributed by atoms with Crippen molar-refractivity contribution in [3.05, 3.63) is 29.8 Å². The summed E-state index contributed by atoms with van der Waals surface area (Å²) in [7, 11) is 0. The first-order chi connectivity index (χ1) is 7.16. The third-order valence-electron chi connectivity index (χ3n) is 3.39. The Morgan fingerprint density at radius 2 is 2.13 bits per heavy atom. The summed E-state index contributed by atoms with van der Waals surface area (Å²) in [5, 5.41) is 19.5. The Bertz CT molecular complexity index is 335. The average molecular weight is 206 g/mol. The van der Waals surface area contributed by atoms with Gasteiger partial charge in [-0.05, 0) is 42.4 Å². The molecule has 0 unspecified atom stereocenters. The highest BCUT2D eigenvalue weighted by molar-refractivity contribution is 5.29. The standard InChI is InChI=1S/C13H18O2/c1-9-5-6-11(7-9)13(15)10-3-2-4-12(14)8-10/h2-4,8-9,11,13-15H,5-7H2,1H3/t9-,11+,13+/m1/s1. The van der Waals surface area contributed by atoms with Gasteiger partial charge in [-0.15, -0.1) is 0 Å². The monoisotopic (exact) mass is 206 g/mol. The Morgan fingerprint density at radius 1 is 1.33 bits per heavy atom. The zero-order valence-electron chi connectivity index (χ0n) is 9.06.